The molecule has 3 heterocycles. The summed E-state index contributed by atoms with van der Waals surface area (Å²) in [6.07, 6.45) is 3.75. The molecule has 0 saturated carbocycles. The van der Waals surface area contributed by atoms with Crippen molar-refractivity contribution in [1.29, 1.82) is 5.26 Å². The number of allylic oxidation sites excluding steroid dienone is 1. The largest absolute Gasteiger partial charge is 0.303 e. The SMILES string of the molecule is Cc1csc(C(C#N)=Cc2cc(C)n(-c3ccnn3C(C)C)c2C)n1. The van der Waals surface area contributed by atoms with E-state index < -0.39 is 0 Å². The maximum Gasteiger partial charge on any atom is 0.135 e. The first-order valence-electron chi connectivity index (χ1n) is 8.19. The van der Waals surface area contributed by atoms with E-state index in [0.717, 1.165) is 33.5 Å². The van der Waals surface area contributed by atoms with Crippen LogP contribution >= 0.6 is 11.3 Å². The highest BCUT2D eigenvalue weighted by Crippen LogP contribution is 2.27. The van der Waals surface area contributed by atoms with Gasteiger partial charge in [-0.05, 0) is 52.3 Å². The van der Waals surface area contributed by atoms with Crippen molar-refractivity contribution in [2.24, 2.45) is 0 Å². The quantitative estimate of drug-likeness (QED) is 0.640. The minimum absolute atomic E-state index is 0.276. The van der Waals surface area contributed by atoms with Crippen molar-refractivity contribution >= 4 is 23.0 Å². The second kappa shape index (κ2) is 6.69. The van der Waals surface area contributed by atoms with Crippen molar-refractivity contribution in [3.8, 4) is 11.9 Å². The summed E-state index contributed by atoms with van der Waals surface area (Å²) >= 11 is 1.50. The van der Waals surface area contributed by atoms with Gasteiger partial charge in [-0.3, -0.25) is 0 Å². The van der Waals surface area contributed by atoms with E-state index in [0.29, 0.717) is 5.57 Å². The van der Waals surface area contributed by atoms with Gasteiger partial charge in [-0.1, -0.05) is 0 Å². The van der Waals surface area contributed by atoms with E-state index in [1.807, 2.05) is 35.3 Å². The average molecular weight is 351 g/mol. The number of hydrogen-bond acceptors (Lipinski definition) is 4. The fraction of sp³-hybridized carbons (Fsp3) is 0.316. The number of rotatable bonds is 4. The van der Waals surface area contributed by atoms with Gasteiger partial charge in [0.25, 0.3) is 0 Å². The summed E-state index contributed by atoms with van der Waals surface area (Å²) in [5.41, 5.74) is 4.75. The van der Waals surface area contributed by atoms with Crippen molar-refractivity contribution in [3.63, 3.8) is 0 Å². The Morgan fingerprint density at radius 2 is 2.08 bits per heavy atom. The molecule has 0 atom stereocenters. The van der Waals surface area contributed by atoms with Crippen LogP contribution in [0.1, 0.15) is 47.5 Å². The number of aromatic nitrogens is 4. The summed E-state index contributed by atoms with van der Waals surface area (Å²) in [6, 6.07) is 6.68. The van der Waals surface area contributed by atoms with Crippen molar-refractivity contribution in [2.75, 3.05) is 0 Å². The van der Waals surface area contributed by atoms with Gasteiger partial charge in [0.05, 0.1) is 11.8 Å². The smallest absolute Gasteiger partial charge is 0.135 e. The molecule has 0 aliphatic heterocycles. The van der Waals surface area contributed by atoms with E-state index in [1.54, 1.807) is 0 Å². The third-order valence-electron chi connectivity index (χ3n) is 4.11. The zero-order valence-corrected chi connectivity index (χ0v) is 15.9. The number of hydrogen-bond donors (Lipinski definition) is 0. The second-order valence-corrected chi connectivity index (χ2v) is 7.21. The van der Waals surface area contributed by atoms with E-state index in [-0.39, 0.29) is 6.04 Å². The predicted octanol–water partition coefficient (Wildman–Crippen LogP) is 4.70. The van der Waals surface area contributed by atoms with Crippen LogP contribution in [0.5, 0.6) is 0 Å². The fourth-order valence-corrected chi connectivity index (χ4v) is 3.71. The van der Waals surface area contributed by atoms with Gasteiger partial charge in [0.15, 0.2) is 0 Å². The molecule has 0 N–H and O–H groups in total. The molecule has 3 rings (SSSR count). The van der Waals surface area contributed by atoms with Crippen LogP contribution in [0.4, 0.5) is 0 Å². The van der Waals surface area contributed by atoms with Crippen LogP contribution in [0.25, 0.3) is 17.5 Å². The van der Waals surface area contributed by atoms with Gasteiger partial charge in [-0.25, -0.2) is 9.67 Å². The van der Waals surface area contributed by atoms with E-state index in [9.17, 15) is 5.26 Å². The average Bonchev–Trinajstić information content (AvgIpc) is 3.25. The minimum atomic E-state index is 0.276. The molecule has 5 nitrogen and oxygen atoms in total. The van der Waals surface area contributed by atoms with Crippen LogP contribution in [-0.2, 0) is 0 Å². The number of aryl methyl sites for hydroxylation is 2. The van der Waals surface area contributed by atoms with Crippen molar-refractivity contribution in [3.05, 3.63) is 51.4 Å². The highest BCUT2D eigenvalue weighted by atomic mass is 32.1. The van der Waals surface area contributed by atoms with Crippen LogP contribution in [0.2, 0.25) is 0 Å². The van der Waals surface area contributed by atoms with Gasteiger partial charge in [0.1, 0.15) is 16.9 Å². The zero-order chi connectivity index (χ0) is 18.1. The van der Waals surface area contributed by atoms with Crippen molar-refractivity contribution in [1.82, 2.24) is 19.3 Å². The van der Waals surface area contributed by atoms with Crippen LogP contribution in [0, 0.1) is 32.1 Å². The maximum absolute atomic E-state index is 9.55. The molecule has 6 heteroatoms. The summed E-state index contributed by atoms with van der Waals surface area (Å²) in [6.45, 7) is 10.3. The molecule has 0 unspecified atom stereocenters. The Balaban J connectivity index is 2.10. The molecule has 0 bridgehead atoms. The minimum Gasteiger partial charge on any atom is -0.303 e. The van der Waals surface area contributed by atoms with E-state index in [1.165, 1.54) is 11.3 Å². The lowest BCUT2D eigenvalue weighted by molar-refractivity contribution is 0.519. The molecule has 0 spiro atoms. The third-order valence-corrected chi connectivity index (χ3v) is 5.10. The third kappa shape index (κ3) is 3.15. The van der Waals surface area contributed by atoms with Gasteiger partial charge in [-0.2, -0.15) is 10.4 Å². The molecule has 3 aromatic rings. The number of thiazole rings is 1. The Morgan fingerprint density at radius 1 is 1.32 bits per heavy atom. The Hall–Kier alpha value is -2.65. The second-order valence-electron chi connectivity index (χ2n) is 6.35. The molecular weight excluding hydrogens is 330 g/mol. The van der Waals surface area contributed by atoms with Gasteiger partial charge < -0.3 is 4.57 Å². The van der Waals surface area contributed by atoms with E-state index >= 15 is 0 Å². The topological polar surface area (TPSA) is 59.4 Å². The number of nitrogens with zero attached hydrogens (tertiary/aromatic N) is 5. The first-order chi connectivity index (χ1) is 11.9. The summed E-state index contributed by atoms with van der Waals surface area (Å²) in [5, 5.41) is 16.7. The van der Waals surface area contributed by atoms with Crippen LogP contribution in [0.15, 0.2) is 23.7 Å². The molecule has 0 fully saturated rings. The van der Waals surface area contributed by atoms with Gasteiger partial charge in [-0.15, -0.1) is 11.3 Å². The van der Waals surface area contributed by atoms with E-state index in [2.05, 4.69) is 54.5 Å². The van der Waals surface area contributed by atoms with Gasteiger partial charge in [0, 0.05) is 34.6 Å². The Kier molecular flexibility index (Phi) is 4.60. The molecule has 0 saturated heterocycles. The molecule has 0 aliphatic rings. The summed E-state index contributed by atoms with van der Waals surface area (Å²) in [5.74, 6) is 1.04. The van der Waals surface area contributed by atoms with Crippen LogP contribution in [-0.4, -0.2) is 19.3 Å². The molecule has 0 aliphatic carbocycles. The Morgan fingerprint density at radius 3 is 2.68 bits per heavy atom. The highest BCUT2D eigenvalue weighted by Gasteiger charge is 2.15. The monoisotopic (exact) mass is 351 g/mol. The zero-order valence-electron chi connectivity index (χ0n) is 15.1. The lowest BCUT2D eigenvalue weighted by atomic mass is 10.1. The van der Waals surface area contributed by atoms with Crippen LogP contribution < -0.4 is 0 Å². The lowest BCUT2D eigenvalue weighted by Crippen LogP contribution is -2.11. The normalized spacial score (nSPS) is 12.0. The lowest BCUT2D eigenvalue weighted by Gasteiger charge is -2.15. The first-order valence-corrected chi connectivity index (χ1v) is 9.07. The molecule has 0 aromatic carbocycles. The van der Waals surface area contributed by atoms with E-state index in [4.69, 9.17) is 0 Å². The molecule has 3 aromatic heterocycles. The summed E-state index contributed by atoms with van der Waals surface area (Å²) < 4.78 is 4.18. The van der Waals surface area contributed by atoms with Crippen molar-refractivity contribution < 1.29 is 0 Å². The fourth-order valence-electron chi connectivity index (χ4n) is 2.94. The predicted molar refractivity (Wildman–Crippen MR) is 102 cm³/mol. The highest BCUT2D eigenvalue weighted by molar-refractivity contribution is 7.11. The maximum atomic E-state index is 9.55. The Labute approximate surface area is 151 Å². The van der Waals surface area contributed by atoms with Gasteiger partial charge >= 0.3 is 0 Å². The molecule has 128 valence electrons. The molecule has 0 amide bonds. The standard InChI is InChI=1S/C19H21N5S/c1-12(2)24-18(6-7-21-24)23-14(4)8-16(15(23)5)9-17(10-20)19-22-13(3)11-25-19/h6-9,11-12H,1-5H3. The molecule has 0 radical (unpaired) electrons. The van der Waals surface area contributed by atoms with Crippen LogP contribution in [0.3, 0.4) is 0 Å². The summed E-state index contributed by atoms with van der Waals surface area (Å²) in [4.78, 5) is 4.43. The number of nitriles is 1. The van der Waals surface area contributed by atoms with Gasteiger partial charge in [0.2, 0.25) is 0 Å². The molecular formula is C19H21N5S. The summed E-state index contributed by atoms with van der Waals surface area (Å²) in [7, 11) is 0. The van der Waals surface area contributed by atoms with Crippen molar-refractivity contribution in [2.45, 2.75) is 40.7 Å². The first kappa shape index (κ1) is 17.2. The Bertz CT molecular complexity index is 978. The molecule has 25 heavy (non-hydrogen) atoms.